The van der Waals surface area contributed by atoms with Crippen molar-refractivity contribution >= 4 is 27.3 Å². The molecule has 0 aromatic heterocycles. The SMILES string of the molecule is COc1ccccc1CS(=O)(=O)Nc1ccc2c(c1)OCC(C)(C)C(=O)N2. The topological polar surface area (TPSA) is 93.7 Å². The number of anilines is 2. The summed E-state index contributed by atoms with van der Waals surface area (Å²) in [4.78, 5) is 12.2. The average Bonchev–Trinajstić information content (AvgIpc) is 2.71. The fraction of sp³-hybridized carbons (Fsp3) is 0.316. The van der Waals surface area contributed by atoms with Crippen molar-refractivity contribution in [2.75, 3.05) is 23.8 Å². The van der Waals surface area contributed by atoms with Gasteiger partial charge in [0.2, 0.25) is 15.9 Å². The third-order valence-corrected chi connectivity index (χ3v) is 5.48. The maximum Gasteiger partial charge on any atom is 0.237 e. The molecule has 0 atom stereocenters. The highest BCUT2D eigenvalue weighted by atomic mass is 32.2. The number of hydrogen-bond acceptors (Lipinski definition) is 5. The van der Waals surface area contributed by atoms with Gasteiger partial charge in [-0.05, 0) is 32.0 Å². The van der Waals surface area contributed by atoms with Crippen LogP contribution in [0.5, 0.6) is 11.5 Å². The van der Waals surface area contributed by atoms with E-state index in [1.807, 2.05) is 0 Å². The number of amides is 1. The van der Waals surface area contributed by atoms with E-state index in [1.165, 1.54) is 7.11 Å². The molecule has 0 aliphatic carbocycles. The third kappa shape index (κ3) is 4.33. The predicted octanol–water partition coefficient (Wildman–Crippen LogP) is 2.99. The van der Waals surface area contributed by atoms with Gasteiger partial charge in [-0.25, -0.2) is 8.42 Å². The zero-order valence-electron chi connectivity index (χ0n) is 15.4. The Bertz CT molecular complexity index is 970. The summed E-state index contributed by atoms with van der Waals surface area (Å²) in [6.07, 6.45) is 0. The minimum atomic E-state index is -3.66. The van der Waals surface area contributed by atoms with E-state index in [0.717, 1.165) is 0 Å². The Balaban J connectivity index is 1.80. The van der Waals surface area contributed by atoms with E-state index in [-0.39, 0.29) is 18.3 Å². The Hall–Kier alpha value is -2.74. The van der Waals surface area contributed by atoms with Crippen LogP contribution in [-0.2, 0) is 20.6 Å². The summed E-state index contributed by atoms with van der Waals surface area (Å²) in [5, 5.41) is 2.80. The Morgan fingerprint density at radius 3 is 2.70 bits per heavy atom. The van der Waals surface area contributed by atoms with Crippen molar-refractivity contribution in [3.63, 3.8) is 0 Å². The molecule has 0 unspecified atom stereocenters. The highest BCUT2D eigenvalue weighted by Crippen LogP contribution is 2.34. The summed E-state index contributed by atoms with van der Waals surface area (Å²) in [6, 6.07) is 11.7. The van der Waals surface area contributed by atoms with Gasteiger partial charge in [0.05, 0.1) is 29.7 Å². The molecule has 1 aliphatic heterocycles. The van der Waals surface area contributed by atoms with Crippen LogP contribution in [0.3, 0.4) is 0 Å². The zero-order chi connectivity index (χ0) is 19.7. The molecule has 0 saturated carbocycles. The zero-order valence-corrected chi connectivity index (χ0v) is 16.2. The van der Waals surface area contributed by atoms with E-state index >= 15 is 0 Å². The molecular weight excluding hydrogens is 368 g/mol. The first-order valence-corrected chi connectivity index (χ1v) is 10.1. The Morgan fingerprint density at radius 1 is 1.22 bits per heavy atom. The van der Waals surface area contributed by atoms with Crippen molar-refractivity contribution in [2.24, 2.45) is 5.41 Å². The fourth-order valence-electron chi connectivity index (χ4n) is 2.67. The van der Waals surface area contributed by atoms with Crippen molar-refractivity contribution in [2.45, 2.75) is 19.6 Å². The van der Waals surface area contributed by atoms with Crippen molar-refractivity contribution in [3.8, 4) is 11.5 Å². The van der Waals surface area contributed by atoms with Crippen molar-refractivity contribution in [1.29, 1.82) is 0 Å². The second-order valence-electron chi connectivity index (χ2n) is 7.01. The van der Waals surface area contributed by atoms with Crippen molar-refractivity contribution in [3.05, 3.63) is 48.0 Å². The molecule has 27 heavy (non-hydrogen) atoms. The first-order valence-electron chi connectivity index (χ1n) is 8.41. The van der Waals surface area contributed by atoms with Gasteiger partial charge in [0.15, 0.2) is 0 Å². The molecule has 2 aromatic rings. The lowest BCUT2D eigenvalue weighted by atomic mass is 9.94. The van der Waals surface area contributed by atoms with Gasteiger partial charge in [0.25, 0.3) is 0 Å². The van der Waals surface area contributed by atoms with Crippen LogP contribution in [0.25, 0.3) is 0 Å². The highest BCUT2D eigenvalue weighted by Gasteiger charge is 2.32. The van der Waals surface area contributed by atoms with Gasteiger partial charge in [-0.3, -0.25) is 9.52 Å². The minimum Gasteiger partial charge on any atom is -0.496 e. The number of carbonyl (C=O) groups is 1. The lowest BCUT2D eigenvalue weighted by Gasteiger charge is -2.18. The van der Waals surface area contributed by atoms with Gasteiger partial charge in [-0.2, -0.15) is 0 Å². The summed E-state index contributed by atoms with van der Waals surface area (Å²) in [5.74, 6) is 0.564. The number of hydrogen-bond donors (Lipinski definition) is 2. The van der Waals surface area contributed by atoms with Crippen LogP contribution in [0.4, 0.5) is 11.4 Å². The van der Waals surface area contributed by atoms with Gasteiger partial charge in [0.1, 0.15) is 18.1 Å². The molecule has 0 spiro atoms. The molecule has 144 valence electrons. The Kier molecular flexibility index (Phi) is 5.01. The first-order chi connectivity index (χ1) is 12.7. The third-order valence-electron chi connectivity index (χ3n) is 4.24. The summed E-state index contributed by atoms with van der Waals surface area (Å²) in [6.45, 7) is 3.76. The maximum absolute atomic E-state index is 12.6. The van der Waals surface area contributed by atoms with E-state index in [9.17, 15) is 13.2 Å². The van der Waals surface area contributed by atoms with Gasteiger partial charge < -0.3 is 14.8 Å². The number of ether oxygens (including phenoxy) is 2. The van der Waals surface area contributed by atoms with E-state index in [4.69, 9.17) is 9.47 Å². The maximum atomic E-state index is 12.6. The number of rotatable bonds is 5. The second kappa shape index (κ2) is 7.11. The number of sulfonamides is 1. The van der Waals surface area contributed by atoms with Gasteiger partial charge >= 0.3 is 0 Å². The number of nitrogens with one attached hydrogen (secondary N) is 2. The van der Waals surface area contributed by atoms with Gasteiger partial charge in [0, 0.05) is 11.6 Å². The molecule has 0 fully saturated rings. The average molecular weight is 390 g/mol. The molecule has 7 nitrogen and oxygen atoms in total. The van der Waals surface area contributed by atoms with Crippen LogP contribution < -0.4 is 19.5 Å². The molecule has 8 heteroatoms. The molecule has 2 N–H and O–H groups in total. The van der Waals surface area contributed by atoms with E-state index in [0.29, 0.717) is 28.4 Å². The van der Waals surface area contributed by atoms with Crippen LogP contribution in [0.2, 0.25) is 0 Å². The smallest absolute Gasteiger partial charge is 0.237 e. The van der Waals surface area contributed by atoms with Crippen molar-refractivity contribution < 1.29 is 22.7 Å². The summed E-state index contributed by atoms with van der Waals surface area (Å²) in [5.41, 5.74) is 0.756. The number of benzene rings is 2. The molecule has 2 aromatic carbocycles. The molecule has 3 rings (SSSR count). The second-order valence-corrected chi connectivity index (χ2v) is 8.73. The molecule has 0 saturated heterocycles. The molecule has 0 bridgehead atoms. The lowest BCUT2D eigenvalue weighted by molar-refractivity contribution is -0.124. The largest absolute Gasteiger partial charge is 0.496 e. The number of methoxy groups -OCH3 is 1. The first kappa shape index (κ1) is 19.0. The van der Waals surface area contributed by atoms with E-state index in [1.54, 1.807) is 56.3 Å². The van der Waals surface area contributed by atoms with Crippen LogP contribution in [0.1, 0.15) is 19.4 Å². The predicted molar refractivity (Wildman–Crippen MR) is 104 cm³/mol. The molecular formula is C19H22N2O5S. The Morgan fingerprint density at radius 2 is 1.96 bits per heavy atom. The number of para-hydroxylation sites is 1. The quantitative estimate of drug-likeness (QED) is 0.819. The summed E-state index contributed by atoms with van der Waals surface area (Å²) >= 11 is 0. The molecule has 1 amide bonds. The normalized spacial score (nSPS) is 15.7. The highest BCUT2D eigenvalue weighted by molar-refractivity contribution is 7.91. The summed E-state index contributed by atoms with van der Waals surface area (Å²) in [7, 11) is -2.16. The van der Waals surface area contributed by atoms with Gasteiger partial charge in [-0.15, -0.1) is 0 Å². The number of fused-ring (bicyclic) bond motifs is 1. The Labute approximate surface area is 158 Å². The summed E-state index contributed by atoms with van der Waals surface area (Å²) < 4.78 is 38.6. The van der Waals surface area contributed by atoms with Crippen LogP contribution in [-0.4, -0.2) is 28.0 Å². The van der Waals surface area contributed by atoms with Crippen LogP contribution in [0, 0.1) is 5.41 Å². The van der Waals surface area contributed by atoms with Crippen LogP contribution >= 0.6 is 0 Å². The number of carbonyl (C=O) groups excluding carboxylic acids is 1. The molecule has 1 aliphatic rings. The standard InChI is InChI=1S/C19H22N2O5S/c1-19(2)12-26-17-10-14(8-9-15(17)20-18(19)22)21-27(23,24)11-13-6-4-5-7-16(13)25-3/h4-10,21H,11-12H2,1-3H3,(H,20,22). The van der Waals surface area contributed by atoms with Crippen LogP contribution in [0.15, 0.2) is 42.5 Å². The van der Waals surface area contributed by atoms with Crippen molar-refractivity contribution in [1.82, 2.24) is 0 Å². The minimum absolute atomic E-state index is 0.147. The van der Waals surface area contributed by atoms with Gasteiger partial charge in [-0.1, -0.05) is 18.2 Å². The van der Waals surface area contributed by atoms with E-state index < -0.39 is 15.4 Å². The molecule has 0 radical (unpaired) electrons. The monoisotopic (exact) mass is 390 g/mol. The fourth-order valence-corrected chi connectivity index (χ4v) is 3.87. The lowest BCUT2D eigenvalue weighted by Crippen LogP contribution is -2.33. The van der Waals surface area contributed by atoms with E-state index in [2.05, 4.69) is 10.0 Å². The molecule has 1 heterocycles.